The summed E-state index contributed by atoms with van der Waals surface area (Å²) >= 11 is 0. The number of aliphatic hydroxyl groups excluding tert-OH is 1. The van der Waals surface area contributed by atoms with Crippen molar-refractivity contribution in [3.8, 4) is 74.4 Å². The molecule has 0 saturated carbocycles. The molecule has 64 heavy (non-hydrogen) atoms. The Kier molecular flexibility index (Phi) is 14.4. The molecule has 5 aromatic carbocycles. The van der Waals surface area contributed by atoms with Gasteiger partial charge in [0.25, 0.3) is 0 Å². The van der Waals surface area contributed by atoms with Crippen LogP contribution in [0.5, 0.6) is 63.2 Å². The normalized spacial score (nSPS) is 11.9. The quantitative estimate of drug-likeness (QED) is 0.0332. The van der Waals surface area contributed by atoms with E-state index in [1.165, 1.54) is 19.1 Å². The summed E-state index contributed by atoms with van der Waals surface area (Å²) in [7, 11) is 0. The molecule has 2 heterocycles. The highest BCUT2D eigenvalue weighted by Gasteiger charge is 2.23. The Morgan fingerprint density at radius 2 is 1.08 bits per heavy atom. The van der Waals surface area contributed by atoms with Crippen LogP contribution in [0.2, 0.25) is 0 Å². The van der Waals surface area contributed by atoms with Crippen LogP contribution < -0.4 is 52.1 Å². The zero-order chi connectivity index (χ0) is 45.0. The fraction of sp³-hybridized carbons (Fsp3) is 0.229. The molecule has 2 aliphatic heterocycles. The summed E-state index contributed by atoms with van der Waals surface area (Å²) in [6.45, 7) is 9.98. The van der Waals surface area contributed by atoms with E-state index < -0.39 is 17.9 Å². The van der Waals surface area contributed by atoms with Crippen molar-refractivity contribution >= 4 is 17.9 Å². The molecule has 0 radical (unpaired) electrons. The van der Waals surface area contributed by atoms with Crippen LogP contribution in [0.4, 0.5) is 0 Å². The van der Waals surface area contributed by atoms with Crippen LogP contribution in [-0.4, -0.2) is 76.2 Å². The first-order valence-electron chi connectivity index (χ1n) is 19.9. The second-order valence-electron chi connectivity index (χ2n) is 14.1. The molecule has 1 N–H and O–H groups in total. The molecule has 0 aromatic heterocycles. The van der Waals surface area contributed by atoms with Gasteiger partial charge in [0.05, 0.1) is 12.2 Å². The number of rotatable bonds is 21. The fourth-order valence-corrected chi connectivity index (χ4v) is 6.06. The van der Waals surface area contributed by atoms with Crippen molar-refractivity contribution < 1.29 is 76.3 Å². The van der Waals surface area contributed by atoms with E-state index in [4.69, 9.17) is 56.8 Å². The Bertz CT molecular complexity index is 2530. The van der Waals surface area contributed by atoms with Gasteiger partial charge < -0.3 is 61.9 Å². The Hall–Kier alpha value is -7.85. The van der Waals surface area contributed by atoms with Gasteiger partial charge in [0, 0.05) is 28.8 Å². The molecule has 16 heteroatoms. The van der Waals surface area contributed by atoms with Gasteiger partial charge in [-0.05, 0) is 85.6 Å². The molecule has 16 nitrogen and oxygen atoms in total. The lowest BCUT2D eigenvalue weighted by molar-refractivity contribution is -0.140. The topological polar surface area (TPSA) is 182 Å². The monoisotopic (exact) mass is 876 g/mol. The highest BCUT2D eigenvalue weighted by molar-refractivity contribution is 5.93. The summed E-state index contributed by atoms with van der Waals surface area (Å²) in [4.78, 5) is 38.5. The number of benzene rings is 5. The molecule has 0 aliphatic carbocycles. The van der Waals surface area contributed by atoms with E-state index in [0.29, 0.717) is 51.4 Å². The van der Waals surface area contributed by atoms with E-state index in [-0.39, 0.29) is 99.5 Å². The van der Waals surface area contributed by atoms with Crippen molar-refractivity contribution in [2.45, 2.75) is 20.5 Å². The summed E-state index contributed by atoms with van der Waals surface area (Å²) < 4.78 is 68.4. The lowest BCUT2D eigenvalue weighted by Gasteiger charge is -2.19. The fourth-order valence-electron chi connectivity index (χ4n) is 6.06. The molecular formula is C48H44O16. The van der Waals surface area contributed by atoms with Gasteiger partial charge in [-0.3, -0.25) is 0 Å². The lowest BCUT2D eigenvalue weighted by Crippen LogP contribution is -2.16. The Balaban J connectivity index is 1.12. The first-order valence-corrected chi connectivity index (χ1v) is 19.9. The summed E-state index contributed by atoms with van der Waals surface area (Å²) in [5.74, 6) is 2.08. The zero-order valence-electron chi connectivity index (χ0n) is 35.0. The molecule has 0 saturated heterocycles. The van der Waals surface area contributed by atoms with E-state index in [1.54, 1.807) is 85.8 Å². The molecule has 0 bridgehead atoms. The Labute approximate surface area is 367 Å². The van der Waals surface area contributed by atoms with Crippen molar-refractivity contribution in [2.24, 2.45) is 0 Å². The van der Waals surface area contributed by atoms with Crippen LogP contribution in [0.1, 0.15) is 29.8 Å². The standard InChI is InChI=1S/C48H44O16/c1-29(2)46(50)58-26-34-21-32(31-5-8-35(9-6-31)63-47(51)30(3)4)7-12-38(34)64-48(52)33-22-43(55-16-15-49)45(57-20-18-54-37-11-14-40-42(25-37)62-28-60-40)44(23-33)56-19-17-53-36-10-13-39-41(24-36)61-27-59-39/h5-14,21-25,49H,1,3,15-20,26-28H2,2,4H3. The number of carbonyl (C=O) groups excluding carboxylic acids is 3. The maximum atomic E-state index is 14.1. The number of esters is 3. The lowest BCUT2D eigenvalue weighted by atomic mass is 10.0. The van der Waals surface area contributed by atoms with Crippen LogP contribution in [0, 0.1) is 0 Å². The van der Waals surface area contributed by atoms with Crippen LogP contribution >= 0.6 is 0 Å². The summed E-state index contributed by atoms with van der Waals surface area (Å²) in [6, 6.07) is 24.9. The van der Waals surface area contributed by atoms with Gasteiger partial charge in [-0.2, -0.15) is 0 Å². The van der Waals surface area contributed by atoms with Crippen LogP contribution in [0.25, 0.3) is 11.1 Å². The first kappa shape index (κ1) is 44.2. The third-order valence-corrected chi connectivity index (χ3v) is 9.22. The van der Waals surface area contributed by atoms with Crippen LogP contribution in [-0.2, 0) is 20.9 Å². The predicted octanol–water partition coefficient (Wildman–Crippen LogP) is 7.42. The van der Waals surface area contributed by atoms with E-state index in [9.17, 15) is 19.5 Å². The number of hydrogen-bond donors (Lipinski definition) is 1. The molecule has 0 atom stereocenters. The molecule has 0 fully saturated rings. The van der Waals surface area contributed by atoms with Crippen LogP contribution in [0.3, 0.4) is 0 Å². The average Bonchev–Trinajstić information content (AvgIpc) is 3.98. The van der Waals surface area contributed by atoms with Crippen molar-refractivity contribution in [3.63, 3.8) is 0 Å². The number of hydrogen-bond acceptors (Lipinski definition) is 16. The van der Waals surface area contributed by atoms with Crippen LogP contribution in [0.15, 0.2) is 115 Å². The van der Waals surface area contributed by atoms with Gasteiger partial charge in [0.1, 0.15) is 62.6 Å². The van der Waals surface area contributed by atoms with E-state index >= 15 is 0 Å². The second-order valence-corrected chi connectivity index (χ2v) is 14.1. The van der Waals surface area contributed by atoms with Gasteiger partial charge in [-0.25, -0.2) is 14.4 Å². The van der Waals surface area contributed by atoms with Crippen molar-refractivity contribution in [1.29, 1.82) is 0 Å². The molecule has 0 unspecified atom stereocenters. The van der Waals surface area contributed by atoms with Crippen molar-refractivity contribution in [2.75, 3.05) is 53.2 Å². The minimum Gasteiger partial charge on any atom is -0.490 e. The SMILES string of the molecule is C=C(C)C(=O)OCc1cc(-c2ccc(OC(=O)C(=C)C)cc2)ccc1OC(=O)c1cc(OCCO)c(OCCOc2ccc3c(c2)OCO3)c(OCCOc2ccc3c(c2)OCO3)c1. The molecule has 7 rings (SSSR count). The first-order chi connectivity index (χ1) is 31.0. The highest BCUT2D eigenvalue weighted by atomic mass is 16.7. The van der Waals surface area contributed by atoms with Gasteiger partial charge >= 0.3 is 17.9 Å². The number of carbonyl (C=O) groups is 3. The van der Waals surface area contributed by atoms with Gasteiger partial charge in [-0.15, -0.1) is 0 Å². The molecule has 0 amide bonds. The minimum atomic E-state index is -0.822. The third kappa shape index (κ3) is 11.3. The Morgan fingerprint density at radius 1 is 0.547 bits per heavy atom. The largest absolute Gasteiger partial charge is 0.490 e. The number of aliphatic hydroxyl groups is 1. The van der Waals surface area contributed by atoms with E-state index in [0.717, 1.165) is 5.56 Å². The minimum absolute atomic E-state index is 0.00237. The maximum absolute atomic E-state index is 14.1. The van der Waals surface area contributed by atoms with Crippen molar-refractivity contribution in [1.82, 2.24) is 0 Å². The smallest absolute Gasteiger partial charge is 0.343 e. The predicted molar refractivity (Wildman–Crippen MR) is 228 cm³/mol. The van der Waals surface area contributed by atoms with Gasteiger partial charge in [-0.1, -0.05) is 31.4 Å². The van der Waals surface area contributed by atoms with E-state index in [2.05, 4.69) is 13.2 Å². The Morgan fingerprint density at radius 3 is 1.67 bits per heavy atom. The number of ether oxygens (including phenoxy) is 12. The number of fused-ring (bicyclic) bond motifs is 2. The maximum Gasteiger partial charge on any atom is 0.343 e. The van der Waals surface area contributed by atoms with Gasteiger partial charge in [0.15, 0.2) is 34.5 Å². The zero-order valence-corrected chi connectivity index (χ0v) is 35.0. The summed E-state index contributed by atoms with van der Waals surface area (Å²) in [5.41, 5.74) is 2.20. The summed E-state index contributed by atoms with van der Waals surface area (Å²) in [5, 5.41) is 9.71. The molecular weight excluding hydrogens is 833 g/mol. The molecule has 2 aliphatic rings. The molecule has 5 aromatic rings. The molecule has 332 valence electrons. The molecule has 0 spiro atoms. The van der Waals surface area contributed by atoms with Gasteiger partial charge in [0.2, 0.25) is 19.3 Å². The third-order valence-electron chi connectivity index (χ3n) is 9.22. The average molecular weight is 877 g/mol. The van der Waals surface area contributed by atoms with Crippen molar-refractivity contribution in [3.05, 3.63) is 126 Å². The van der Waals surface area contributed by atoms with E-state index in [1.807, 2.05) is 0 Å². The summed E-state index contributed by atoms with van der Waals surface area (Å²) in [6.07, 6.45) is 0. The second kappa shape index (κ2) is 20.8. The highest BCUT2D eigenvalue weighted by Crippen LogP contribution is 2.41.